The molecule has 0 saturated carbocycles. The third-order valence-corrected chi connectivity index (χ3v) is 5.06. The summed E-state index contributed by atoms with van der Waals surface area (Å²) in [7, 11) is 0. The number of nitrogens with one attached hydrogen (secondary N) is 2. The lowest BCUT2D eigenvalue weighted by atomic mass is 10.0. The molecule has 0 aromatic heterocycles. The lowest BCUT2D eigenvalue weighted by Crippen LogP contribution is -2.47. The molecule has 0 bridgehead atoms. The molecule has 0 aliphatic carbocycles. The number of rotatable bonds is 7. The maximum absolute atomic E-state index is 12.7. The normalized spacial score (nSPS) is 11.8. The van der Waals surface area contributed by atoms with Gasteiger partial charge < -0.3 is 15.5 Å². The van der Waals surface area contributed by atoms with E-state index >= 15 is 0 Å². The summed E-state index contributed by atoms with van der Waals surface area (Å²) < 4.78 is 0. The van der Waals surface area contributed by atoms with Gasteiger partial charge in [0.25, 0.3) is 0 Å². The lowest BCUT2D eigenvalue weighted by Gasteiger charge is -2.30. The summed E-state index contributed by atoms with van der Waals surface area (Å²) in [5, 5.41) is 7.28. The minimum atomic E-state index is -0.422. The molecular formula is C22H28ClN3OS. The second-order valence-corrected chi connectivity index (χ2v) is 7.90. The number of thiocarbonyl (C=S) groups is 1. The highest BCUT2D eigenvalue weighted by molar-refractivity contribution is 7.80. The number of nitrogens with zero attached hydrogens (tertiary/aromatic N) is 1. The first-order valence-corrected chi connectivity index (χ1v) is 10.3. The molecule has 2 aromatic carbocycles. The second-order valence-electron chi connectivity index (χ2n) is 7.08. The molecule has 0 heterocycles. The van der Waals surface area contributed by atoms with Crippen molar-refractivity contribution in [2.45, 2.75) is 46.1 Å². The first kappa shape index (κ1) is 22.2. The van der Waals surface area contributed by atoms with Crippen molar-refractivity contribution in [1.29, 1.82) is 0 Å². The van der Waals surface area contributed by atoms with E-state index in [1.807, 2.05) is 30.0 Å². The Labute approximate surface area is 178 Å². The van der Waals surface area contributed by atoms with E-state index in [-0.39, 0.29) is 5.91 Å². The Kier molecular flexibility index (Phi) is 8.27. The molecule has 0 saturated heterocycles. The number of hydrogen-bond donors (Lipinski definition) is 2. The van der Waals surface area contributed by atoms with Crippen LogP contribution in [-0.2, 0) is 4.79 Å². The van der Waals surface area contributed by atoms with Gasteiger partial charge in [-0.25, -0.2) is 0 Å². The van der Waals surface area contributed by atoms with Crippen molar-refractivity contribution in [3.05, 3.63) is 59.1 Å². The molecule has 28 heavy (non-hydrogen) atoms. The summed E-state index contributed by atoms with van der Waals surface area (Å²) >= 11 is 11.6. The van der Waals surface area contributed by atoms with Crippen molar-refractivity contribution >= 4 is 46.2 Å². The zero-order valence-electron chi connectivity index (χ0n) is 16.8. The van der Waals surface area contributed by atoms with E-state index in [0.29, 0.717) is 28.3 Å². The Morgan fingerprint density at radius 3 is 2.32 bits per heavy atom. The predicted octanol–water partition coefficient (Wildman–Crippen LogP) is 5.90. The molecule has 0 radical (unpaired) electrons. The van der Waals surface area contributed by atoms with Gasteiger partial charge in [-0.15, -0.1) is 0 Å². The molecule has 2 N–H and O–H groups in total. The number of carbonyl (C=O) groups excluding carboxylic acids is 1. The molecule has 1 atom stereocenters. The standard InChI is InChI=1S/C22H28ClN3OS/c1-5-13-26(16(4)21(27)24-20-8-6-7-18(23)14-20)22(28)25-19-11-9-17(10-12-19)15(2)3/h6-12,14-16H,5,13H2,1-4H3,(H,24,27)(H,25,28)/t16-/m1/s1. The van der Waals surface area contributed by atoms with Gasteiger partial charge in [-0.1, -0.05) is 50.6 Å². The fourth-order valence-corrected chi connectivity index (χ4v) is 3.37. The number of amides is 1. The van der Waals surface area contributed by atoms with Gasteiger partial charge in [-0.05, 0) is 67.4 Å². The van der Waals surface area contributed by atoms with Crippen LogP contribution >= 0.6 is 23.8 Å². The minimum Gasteiger partial charge on any atom is -0.337 e. The molecule has 6 heteroatoms. The zero-order valence-corrected chi connectivity index (χ0v) is 18.4. The van der Waals surface area contributed by atoms with Crippen LogP contribution in [0, 0.1) is 0 Å². The van der Waals surface area contributed by atoms with Crippen LogP contribution in [0.5, 0.6) is 0 Å². The predicted molar refractivity (Wildman–Crippen MR) is 123 cm³/mol. The number of anilines is 2. The quantitative estimate of drug-likeness (QED) is 0.550. The van der Waals surface area contributed by atoms with Crippen LogP contribution in [0.2, 0.25) is 5.02 Å². The third-order valence-electron chi connectivity index (χ3n) is 4.49. The highest BCUT2D eigenvalue weighted by Gasteiger charge is 2.23. The van der Waals surface area contributed by atoms with Gasteiger partial charge in [-0.2, -0.15) is 0 Å². The molecule has 150 valence electrons. The van der Waals surface area contributed by atoms with Crippen LogP contribution in [0.3, 0.4) is 0 Å². The van der Waals surface area contributed by atoms with Gasteiger partial charge in [-0.3, -0.25) is 4.79 Å². The largest absolute Gasteiger partial charge is 0.337 e. The van der Waals surface area contributed by atoms with Gasteiger partial charge in [0.2, 0.25) is 5.91 Å². The molecular weight excluding hydrogens is 390 g/mol. The molecule has 0 aliphatic rings. The highest BCUT2D eigenvalue weighted by Crippen LogP contribution is 2.19. The van der Waals surface area contributed by atoms with Crippen molar-refractivity contribution in [2.24, 2.45) is 0 Å². The van der Waals surface area contributed by atoms with E-state index in [4.69, 9.17) is 23.8 Å². The van der Waals surface area contributed by atoms with Gasteiger partial charge >= 0.3 is 0 Å². The Morgan fingerprint density at radius 2 is 1.75 bits per heavy atom. The fraction of sp³-hybridized carbons (Fsp3) is 0.364. The molecule has 0 aliphatic heterocycles. The van der Waals surface area contributed by atoms with Crippen LogP contribution in [-0.4, -0.2) is 28.5 Å². The summed E-state index contributed by atoms with van der Waals surface area (Å²) in [5.74, 6) is 0.350. The van der Waals surface area contributed by atoms with E-state index < -0.39 is 6.04 Å². The van der Waals surface area contributed by atoms with E-state index in [1.165, 1.54) is 5.56 Å². The third kappa shape index (κ3) is 6.21. The zero-order chi connectivity index (χ0) is 20.7. The van der Waals surface area contributed by atoms with Crippen LogP contribution in [0.15, 0.2) is 48.5 Å². The molecule has 0 fully saturated rings. The summed E-state index contributed by atoms with van der Waals surface area (Å²) in [6.07, 6.45) is 0.878. The number of carbonyl (C=O) groups is 1. The molecule has 0 unspecified atom stereocenters. The van der Waals surface area contributed by atoms with Crippen molar-refractivity contribution < 1.29 is 4.79 Å². The van der Waals surface area contributed by atoms with Crippen molar-refractivity contribution in [1.82, 2.24) is 4.90 Å². The molecule has 4 nitrogen and oxygen atoms in total. The Hall–Kier alpha value is -2.11. The number of hydrogen-bond acceptors (Lipinski definition) is 2. The second kappa shape index (κ2) is 10.4. The SMILES string of the molecule is CCCN(C(=S)Nc1ccc(C(C)C)cc1)[C@H](C)C(=O)Nc1cccc(Cl)c1. The van der Waals surface area contributed by atoms with Crippen molar-refractivity contribution in [2.75, 3.05) is 17.2 Å². The van der Waals surface area contributed by atoms with E-state index in [0.717, 1.165) is 12.1 Å². The minimum absolute atomic E-state index is 0.130. The maximum atomic E-state index is 12.7. The summed E-state index contributed by atoms with van der Waals surface area (Å²) in [6, 6.07) is 14.9. The van der Waals surface area contributed by atoms with Gasteiger partial charge in [0.15, 0.2) is 5.11 Å². The van der Waals surface area contributed by atoms with E-state index in [1.54, 1.807) is 18.2 Å². The molecule has 2 aromatic rings. The lowest BCUT2D eigenvalue weighted by molar-refractivity contribution is -0.119. The van der Waals surface area contributed by atoms with Crippen molar-refractivity contribution in [3.8, 4) is 0 Å². The van der Waals surface area contributed by atoms with E-state index in [2.05, 4.69) is 43.5 Å². The van der Waals surface area contributed by atoms with Gasteiger partial charge in [0.05, 0.1) is 0 Å². The Morgan fingerprint density at radius 1 is 1.07 bits per heavy atom. The molecule has 0 spiro atoms. The van der Waals surface area contributed by atoms with Crippen LogP contribution in [0.4, 0.5) is 11.4 Å². The van der Waals surface area contributed by atoms with Gasteiger partial charge in [0, 0.05) is 22.9 Å². The number of halogens is 1. The maximum Gasteiger partial charge on any atom is 0.246 e. The van der Waals surface area contributed by atoms with Crippen LogP contribution in [0.1, 0.15) is 45.6 Å². The average Bonchev–Trinajstić information content (AvgIpc) is 2.65. The monoisotopic (exact) mass is 417 g/mol. The van der Waals surface area contributed by atoms with Crippen LogP contribution in [0.25, 0.3) is 0 Å². The van der Waals surface area contributed by atoms with Crippen LogP contribution < -0.4 is 10.6 Å². The first-order chi connectivity index (χ1) is 13.3. The average molecular weight is 418 g/mol. The fourth-order valence-electron chi connectivity index (χ4n) is 2.81. The smallest absolute Gasteiger partial charge is 0.246 e. The summed E-state index contributed by atoms with van der Waals surface area (Å²) in [6.45, 7) is 8.92. The topological polar surface area (TPSA) is 44.4 Å². The van der Waals surface area contributed by atoms with Gasteiger partial charge in [0.1, 0.15) is 6.04 Å². The molecule has 2 rings (SSSR count). The Balaban J connectivity index is 2.07. The first-order valence-electron chi connectivity index (χ1n) is 9.55. The Bertz CT molecular complexity index is 808. The highest BCUT2D eigenvalue weighted by atomic mass is 35.5. The number of benzene rings is 2. The van der Waals surface area contributed by atoms with Crippen molar-refractivity contribution in [3.63, 3.8) is 0 Å². The van der Waals surface area contributed by atoms with E-state index in [9.17, 15) is 4.79 Å². The summed E-state index contributed by atoms with van der Waals surface area (Å²) in [5.41, 5.74) is 2.86. The summed E-state index contributed by atoms with van der Waals surface area (Å²) in [4.78, 5) is 14.6. The molecule has 1 amide bonds.